The van der Waals surface area contributed by atoms with Gasteiger partial charge in [0.1, 0.15) is 0 Å². The van der Waals surface area contributed by atoms with Crippen LogP contribution in [0.5, 0.6) is 0 Å². The summed E-state index contributed by atoms with van der Waals surface area (Å²) in [5.41, 5.74) is 3.88. The van der Waals surface area contributed by atoms with Crippen LogP contribution >= 0.6 is 0 Å². The van der Waals surface area contributed by atoms with Crippen LogP contribution in [0.2, 0.25) is 0 Å². The van der Waals surface area contributed by atoms with E-state index in [2.05, 4.69) is 23.2 Å². The number of aromatic nitrogens is 1. The zero-order valence-electron chi connectivity index (χ0n) is 5.33. The topological polar surface area (TPSA) is 12.9 Å². The molecule has 0 atom stereocenters. The Kier molecular flexibility index (Phi) is 0.539. The van der Waals surface area contributed by atoms with Gasteiger partial charge in [-0.25, -0.2) is 0 Å². The SMILES string of the molecule is c1cnc2c3cc-3cc2c1. The summed E-state index contributed by atoms with van der Waals surface area (Å²) in [4.78, 5) is 4.26. The summed E-state index contributed by atoms with van der Waals surface area (Å²) >= 11 is 0. The first-order valence-electron chi connectivity index (χ1n) is 3.34. The molecule has 2 aliphatic rings. The van der Waals surface area contributed by atoms with Crippen LogP contribution in [0, 0.1) is 0 Å². The Morgan fingerprint density at radius 3 is 3.10 bits per heavy atom. The van der Waals surface area contributed by atoms with Crippen molar-refractivity contribution in [1.82, 2.24) is 4.98 Å². The third-order valence-electron chi connectivity index (χ3n) is 1.93. The van der Waals surface area contributed by atoms with Gasteiger partial charge in [0, 0.05) is 17.1 Å². The van der Waals surface area contributed by atoms with Gasteiger partial charge in [0.05, 0.1) is 5.52 Å². The molecule has 0 bridgehead atoms. The van der Waals surface area contributed by atoms with Crippen LogP contribution in [0.3, 0.4) is 0 Å². The van der Waals surface area contributed by atoms with Gasteiger partial charge in [-0.3, -0.25) is 4.98 Å². The number of pyridine rings is 1. The van der Waals surface area contributed by atoms with Crippen molar-refractivity contribution in [3.05, 3.63) is 30.5 Å². The van der Waals surface area contributed by atoms with Gasteiger partial charge in [0.25, 0.3) is 0 Å². The molecule has 3 rings (SSSR count). The Morgan fingerprint density at radius 2 is 2.20 bits per heavy atom. The second-order valence-corrected chi connectivity index (χ2v) is 2.60. The molecule has 1 nitrogen and oxygen atoms in total. The fourth-order valence-electron chi connectivity index (χ4n) is 1.37. The van der Waals surface area contributed by atoms with Gasteiger partial charge in [-0.2, -0.15) is 0 Å². The number of nitrogens with zero attached hydrogens (tertiary/aromatic N) is 1. The van der Waals surface area contributed by atoms with E-state index in [4.69, 9.17) is 0 Å². The van der Waals surface area contributed by atoms with Crippen molar-refractivity contribution >= 4 is 10.9 Å². The van der Waals surface area contributed by atoms with E-state index in [0.717, 1.165) is 5.52 Å². The fraction of sp³-hybridized carbons (Fsp3) is 0. The van der Waals surface area contributed by atoms with E-state index in [0.29, 0.717) is 0 Å². The molecule has 0 radical (unpaired) electrons. The molecule has 0 spiro atoms. The standard InChI is InChI=1S/C9H5N/c1-2-6-4-7-5-8(7)9(6)10-3-1/h1-5H. The normalized spacial score (nSPS) is 12.0. The molecule has 0 unspecified atom stereocenters. The minimum atomic E-state index is 1.16. The number of hydrogen-bond acceptors (Lipinski definition) is 1. The predicted molar refractivity (Wildman–Crippen MR) is 40.7 cm³/mol. The minimum absolute atomic E-state index is 1.16. The molecule has 0 aliphatic heterocycles. The number of rotatable bonds is 0. The molecule has 2 aliphatic carbocycles. The van der Waals surface area contributed by atoms with Gasteiger partial charge in [0.15, 0.2) is 0 Å². The fourth-order valence-corrected chi connectivity index (χ4v) is 1.37. The zero-order chi connectivity index (χ0) is 6.55. The monoisotopic (exact) mass is 127 g/mol. The minimum Gasteiger partial charge on any atom is -0.256 e. The van der Waals surface area contributed by atoms with Gasteiger partial charge in [-0.05, 0) is 23.8 Å². The van der Waals surface area contributed by atoms with E-state index in [1.807, 2.05) is 12.3 Å². The Morgan fingerprint density at radius 1 is 1.20 bits per heavy atom. The van der Waals surface area contributed by atoms with Crippen molar-refractivity contribution in [2.45, 2.75) is 0 Å². The molecule has 0 saturated carbocycles. The van der Waals surface area contributed by atoms with Gasteiger partial charge >= 0.3 is 0 Å². The molecule has 0 fully saturated rings. The van der Waals surface area contributed by atoms with Crippen LogP contribution in [-0.4, -0.2) is 4.98 Å². The lowest BCUT2D eigenvalue weighted by Gasteiger charge is -1.84. The summed E-state index contributed by atoms with van der Waals surface area (Å²) in [5.74, 6) is 0. The van der Waals surface area contributed by atoms with Gasteiger partial charge < -0.3 is 0 Å². The highest BCUT2D eigenvalue weighted by Gasteiger charge is 2.17. The molecule has 0 aromatic carbocycles. The predicted octanol–water partition coefficient (Wildman–Crippen LogP) is 2.22. The van der Waals surface area contributed by atoms with Crippen LogP contribution in [0.4, 0.5) is 0 Å². The average Bonchev–Trinajstić information content (AvgIpc) is 2.64. The van der Waals surface area contributed by atoms with Crippen molar-refractivity contribution in [2.75, 3.05) is 0 Å². The molecule has 10 heavy (non-hydrogen) atoms. The molecule has 46 valence electrons. The van der Waals surface area contributed by atoms with Crippen LogP contribution < -0.4 is 0 Å². The lowest BCUT2D eigenvalue weighted by Crippen LogP contribution is -1.67. The second-order valence-electron chi connectivity index (χ2n) is 2.60. The Labute approximate surface area is 58.3 Å². The van der Waals surface area contributed by atoms with E-state index in [1.54, 1.807) is 0 Å². The first-order valence-corrected chi connectivity index (χ1v) is 3.34. The quantitative estimate of drug-likeness (QED) is 0.451. The van der Waals surface area contributed by atoms with Crippen molar-refractivity contribution in [1.29, 1.82) is 0 Å². The molecule has 1 heterocycles. The van der Waals surface area contributed by atoms with Crippen LogP contribution in [-0.2, 0) is 0 Å². The zero-order valence-corrected chi connectivity index (χ0v) is 5.33. The summed E-state index contributed by atoms with van der Waals surface area (Å²) in [7, 11) is 0. The molecule has 1 heteroatoms. The molecule has 0 amide bonds. The van der Waals surface area contributed by atoms with Crippen molar-refractivity contribution in [3.63, 3.8) is 0 Å². The first-order chi connectivity index (χ1) is 4.95. The number of benzene rings is 1. The third kappa shape index (κ3) is 0.376. The van der Waals surface area contributed by atoms with E-state index in [9.17, 15) is 0 Å². The highest BCUT2D eigenvalue weighted by molar-refractivity contribution is 6.06. The lowest BCUT2D eigenvalue weighted by atomic mass is 10.3. The Hall–Kier alpha value is -1.37. The molecule has 1 aromatic heterocycles. The molecule has 0 saturated heterocycles. The van der Waals surface area contributed by atoms with Gasteiger partial charge in [-0.15, -0.1) is 0 Å². The highest BCUT2D eigenvalue weighted by Crippen LogP contribution is 2.41. The van der Waals surface area contributed by atoms with Crippen LogP contribution in [0.25, 0.3) is 22.0 Å². The van der Waals surface area contributed by atoms with Crippen LogP contribution in [0.1, 0.15) is 0 Å². The van der Waals surface area contributed by atoms with Crippen molar-refractivity contribution in [3.8, 4) is 11.1 Å². The molecule has 1 aromatic rings. The number of fused-ring (bicyclic) bond motifs is 3. The summed E-state index contributed by atoms with van der Waals surface area (Å²) in [5, 5.41) is 1.27. The molecule has 0 N–H and O–H groups in total. The summed E-state index contributed by atoms with van der Waals surface area (Å²) in [6.07, 6.45) is 1.84. The maximum Gasteiger partial charge on any atom is 0.0780 e. The first kappa shape index (κ1) is 4.45. The maximum atomic E-state index is 4.26. The third-order valence-corrected chi connectivity index (χ3v) is 1.93. The Balaban J connectivity index is 2.63. The van der Waals surface area contributed by atoms with Crippen molar-refractivity contribution in [2.24, 2.45) is 0 Å². The Bertz CT molecular complexity index is 418. The van der Waals surface area contributed by atoms with Crippen molar-refractivity contribution < 1.29 is 0 Å². The summed E-state index contributed by atoms with van der Waals surface area (Å²) in [6.45, 7) is 0. The number of hydrogen-bond donors (Lipinski definition) is 0. The van der Waals surface area contributed by atoms with E-state index in [1.165, 1.54) is 16.5 Å². The molecular formula is C9H5N. The highest BCUT2D eigenvalue weighted by atomic mass is 14.7. The lowest BCUT2D eigenvalue weighted by molar-refractivity contribution is 1.43. The van der Waals surface area contributed by atoms with E-state index in [-0.39, 0.29) is 0 Å². The van der Waals surface area contributed by atoms with Gasteiger partial charge in [0.2, 0.25) is 0 Å². The largest absolute Gasteiger partial charge is 0.256 e. The van der Waals surface area contributed by atoms with Crippen LogP contribution in [0.15, 0.2) is 30.5 Å². The second kappa shape index (κ2) is 1.21. The molecular weight excluding hydrogens is 122 g/mol. The maximum absolute atomic E-state index is 4.26. The van der Waals surface area contributed by atoms with Gasteiger partial charge in [-0.1, -0.05) is 6.07 Å². The van der Waals surface area contributed by atoms with E-state index < -0.39 is 0 Å². The summed E-state index contributed by atoms with van der Waals surface area (Å²) in [6, 6.07) is 8.41. The smallest absolute Gasteiger partial charge is 0.0780 e. The summed E-state index contributed by atoms with van der Waals surface area (Å²) < 4.78 is 0. The average molecular weight is 127 g/mol. The van der Waals surface area contributed by atoms with E-state index >= 15 is 0 Å².